The van der Waals surface area contributed by atoms with Gasteiger partial charge < -0.3 is 14.5 Å². The molecular formula is C19H28N2O2. The van der Waals surface area contributed by atoms with Crippen LogP contribution in [0, 0.1) is 6.92 Å². The van der Waals surface area contributed by atoms with E-state index in [9.17, 15) is 4.79 Å². The predicted molar refractivity (Wildman–Crippen MR) is 91.8 cm³/mol. The highest BCUT2D eigenvalue weighted by molar-refractivity contribution is 5.79. The SMILES string of the molecule is COc1cc(CC(=O)N2CCC[C@H]2[C@H]2CCCN2C)ccc1C. The first-order valence-electron chi connectivity index (χ1n) is 8.73. The van der Waals surface area contributed by atoms with Crippen LogP contribution in [0.15, 0.2) is 18.2 Å². The van der Waals surface area contributed by atoms with Crippen LogP contribution in [0.1, 0.15) is 36.8 Å². The largest absolute Gasteiger partial charge is 0.496 e. The number of methoxy groups -OCH3 is 1. The van der Waals surface area contributed by atoms with Gasteiger partial charge in [-0.05, 0) is 63.4 Å². The van der Waals surface area contributed by atoms with Crippen LogP contribution in [0.3, 0.4) is 0 Å². The fourth-order valence-corrected chi connectivity index (χ4v) is 4.17. The topological polar surface area (TPSA) is 32.8 Å². The van der Waals surface area contributed by atoms with E-state index in [1.165, 1.54) is 19.4 Å². The maximum atomic E-state index is 12.8. The van der Waals surface area contributed by atoms with Gasteiger partial charge in [0.2, 0.25) is 5.91 Å². The Kier molecular flexibility index (Phi) is 4.90. The highest BCUT2D eigenvalue weighted by Gasteiger charge is 2.38. The summed E-state index contributed by atoms with van der Waals surface area (Å²) in [5.41, 5.74) is 2.15. The molecule has 0 N–H and O–H groups in total. The lowest BCUT2D eigenvalue weighted by Crippen LogP contribution is -2.47. The van der Waals surface area contributed by atoms with Crippen LogP contribution < -0.4 is 4.74 Å². The van der Waals surface area contributed by atoms with E-state index in [4.69, 9.17) is 4.74 Å². The molecule has 1 aromatic carbocycles. The van der Waals surface area contributed by atoms with Crippen molar-refractivity contribution >= 4 is 5.91 Å². The smallest absolute Gasteiger partial charge is 0.227 e. The lowest BCUT2D eigenvalue weighted by atomic mass is 10.0. The van der Waals surface area contributed by atoms with E-state index in [0.717, 1.165) is 36.3 Å². The Bertz CT molecular complexity index is 572. The number of aryl methyl sites for hydroxylation is 1. The molecule has 0 saturated carbocycles. The molecule has 2 saturated heterocycles. The maximum absolute atomic E-state index is 12.8. The van der Waals surface area contributed by atoms with Gasteiger partial charge in [-0.1, -0.05) is 12.1 Å². The summed E-state index contributed by atoms with van der Waals surface area (Å²) in [6.45, 7) is 4.10. The third-order valence-electron chi connectivity index (χ3n) is 5.47. The summed E-state index contributed by atoms with van der Waals surface area (Å²) in [6.07, 6.45) is 5.25. The van der Waals surface area contributed by atoms with Crippen molar-refractivity contribution in [3.63, 3.8) is 0 Å². The predicted octanol–water partition coefficient (Wildman–Crippen LogP) is 2.63. The third kappa shape index (κ3) is 3.37. The van der Waals surface area contributed by atoms with Crippen LogP contribution >= 0.6 is 0 Å². The van der Waals surface area contributed by atoms with E-state index in [1.54, 1.807) is 7.11 Å². The Morgan fingerprint density at radius 3 is 2.65 bits per heavy atom. The number of rotatable bonds is 4. The summed E-state index contributed by atoms with van der Waals surface area (Å²) < 4.78 is 5.38. The van der Waals surface area contributed by atoms with Gasteiger partial charge in [-0.2, -0.15) is 0 Å². The Labute approximate surface area is 139 Å². The van der Waals surface area contributed by atoms with Crippen LogP contribution in [0.25, 0.3) is 0 Å². The number of ether oxygens (including phenoxy) is 1. The Morgan fingerprint density at radius 1 is 1.22 bits per heavy atom. The molecule has 2 heterocycles. The van der Waals surface area contributed by atoms with Gasteiger partial charge in [0.25, 0.3) is 0 Å². The summed E-state index contributed by atoms with van der Waals surface area (Å²) in [6, 6.07) is 7.03. The van der Waals surface area contributed by atoms with Gasteiger partial charge in [0.1, 0.15) is 5.75 Å². The Morgan fingerprint density at radius 2 is 1.96 bits per heavy atom. The van der Waals surface area contributed by atoms with Gasteiger partial charge in [-0.15, -0.1) is 0 Å². The number of nitrogens with zero attached hydrogens (tertiary/aromatic N) is 2. The molecule has 4 heteroatoms. The molecule has 2 atom stereocenters. The molecule has 126 valence electrons. The van der Waals surface area contributed by atoms with Crippen molar-refractivity contribution in [2.75, 3.05) is 27.2 Å². The van der Waals surface area contributed by atoms with E-state index in [0.29, 0.717) is 18.5 Å². The number of likely N-dealkylation sites (tertiary alicyclic amines) is 2. The van der Waals surface area contributed by atoms with Crippen molar-refractivity contribution in [3.05, 3.63) is 29.3 Å². The highest BCUT2D eigenvalue weighted by Crippen LogP contribution is 2.29. The summed E-state index contributed by atoms with van der Waals surface area (Å²) >= 11 is 0. The van der Waals surface area contributed by atoms with E-state index < -0.39 is 0 Å². The molecule has 0 aliphatic carbocycles. The van der Waals surface area contributed by atoms with Crippen LogP contribution in [-0.4, -0.2) is 55.0 Å². The number of hydrogen-bond acceptors (Lipinski definition) is 3. The summed E-state index contributed by atoms with van der Waals surface area (Å²) in [4.78, 5) is 17.4. The number of carbonyl (C=O) groups is 1. The first kappa shape index (κ1) is 16.3. The molecular weight excluding hydrogens is 288 g/mol. The molecule has 0 aromatic heterocycles. The number of benzene rings is 1. The molecule has 4 nitrogen and oxygen atoms in total. The minimum Gasteiger partial charge on any atom is -0.496 e. The minimum absolute atomic E-state index is 0.263. The molecule has 2 aliphatic heterocycles. The van der Waals surface area contributed by atoms with Gasteiger partial charge in [0.15, 0.2) is 0 Å². The number of carbonyl (C=O) groups excluding carboxylic acids is 1. The molecule has 2 aliphatic rings. The van der Waals surface area contributed by atoms with Crippen molar-refractivity contribution in [2.45, 2.75) is 51.1 Å². The second-order valence-corrected chi connectivity index (χ2v) is 6.97. The fraction of sp³-hybridized carbons (Fsp3) is 0.632. The van der Waals surface area contributed by atoms with Crippen molar-refractivity contribution in [2.24, 2.45) is 0 Å². The molecule has 23 heavy (non-hydrogen) atoms. The molecule has 0 radical (unpaired) electrons. The summed E-state index contributed by atoms with van der Waals surface area (Å²) in [5, 5.41) is 0. The van der Waals surface area contributed by atoms with Crippen molar-refractivity contribution in [1.82, 2.24) is 9.80 Å². The standard InChI is InChI=1S/C19H28N2O2/c1-14-8-9-15(12-18(14)23-3)13-19(22)21-11-5-7-17(21)16-6-4-10-20(16)2/h8-9,12,16-17H,4-7,10-11,13H2,1-3H3/t16-,17+/m1/s1. The van der Waals surface area contributed by atoms with Gasteiger partial charge in [-0.3, -0.25) is 4.79 Å². The molecule has 0 unspecified atom stereocenters. The maximum Gasteiger partial charge on any atom is 0.227 e. The van der Waals surface area contributed by atoms with Crippen molar-refractivity contribution < 1.29 is 9.53 Å². The van der Waals surface area contributed by atoms with Gasteiger partial charge in [-0.25, -0.2) is 0 Å². The fourth-order valence-electron chi connectivity index (χ4n) is 4.17. The summed E-state index contributed by atoms with van der Waals surface area (Å²) in [5.74, 6) is 1.13. The monoisotopic (exact) mass is 316 g/mol. The molecule has 0 spiro atoms. The molecule has 1 amide bonds. The van der Waals surface area contributed by atoms with E-state index >= 15 is 0 Å². The normalized spacial score (nSPS) is 25.1. The van der Waals surface area contributed by atoms with Gasteiger partial charge in [0, 0.05) is 18.6 Å². The zero-order chi connectivity index (χ0) is 16.4. The molecule has 3 rings (SSSR count). The van der Waals surface area contributed by atoms with E-state index in [1.807, 2.05) is 25.1 Å². The first-order chi connectivity index (χ1) is 11.1. The molecule has 1 aromatic rings. The average Bonchev–Trinajstić information content (AvgIpc) is 3.17. The minimum atomic E-state index is 0.263. The first-order valence-corrected chi connectivity index (χ1v) is 8.73. The van der Waals surface area contributed by atoms with Gasteiger partial charge >= 0.3 is 0 Å². The Hall–Kier alpha value is -1.55. The summed E-state index contributed by atoms with van der Waals surface area (Å²) in [7, 11) is 3.88. The quantitative estimate of drug-likeness (QED) is 0.856. The van der Waals surface area contributed by atoms with Crippen molar-refractivity contribution in [1.29, 1.82) is 0 Å². The lowest BCUT2D eigenvalue weighted by molar-refractivity contribution is -0.132. The lowest BCUT2D eigenvalue weighted by Gasteiger charge is -2.33. The van der Waals surface area contributed by atoms with E-state index in [-0.39, 0.29) is 5.91 Å². The number of hydrogen-bond donors (Lipinski definition) is 0. The number of amides is 1. The van der Waals surface area contributed by atoms with Crippen LogP contribution in [-0.2, 0) is 11.2 Å². The van der Waals surface area contributed by atoms with Crippen LogP contribution in [0.5, 0.6) is 5.75 Å². The second-order valence-electron chi connectivity index (χ2n) is 6.97. The zero-order valence-corrected chi connectivity index (χ0v) is 14.5. The van der Waals surface area contributed by atoms with E-state index in [2.05, 4.69) is 16.8 Å². The third-order valence-corrected chi connectivity index (χ3v) is 5.47. The average molecular weight is 316 g/mol. The number of likely N-dealkylation sites (N-methyl/N-ethyl adjacent to an activating group) is 1. The molecule has 2 fully saturated rings. The second kappa shape index (κ2) is 6.91. The van der Waals surface area contributed by atoms with Crippen LogP contribution in [0.2, 0.25) is 0 Å². The Balaban J connectivity index is 1.69. The zero-order valence-electron chi connectivity index (χ0n) is 14.5. The highest BCUT2D eigenvalue weighted by atomic mass is 16.5. The van der Waals surface area contributed by atoms with Gasteiger partial charge in [0.05, 0.1) is 13.5 Å². The van der Waals surface area contributed by atoms with Crippen LogP contribution in [0.4, 0.5) is 0 Å². The van der Waals surface area contributed by atoms with Crippen molar-refractivity contribution in [3.8, 4) is 5.75 Å². The molecule has 0 bridgehead atoms.